The second-order valence-electron chi connectivity index (χ2n) is 22.0. The number of carbonyl (C=O) groups is 3. The molecule has 0 amide bonds. The SMILES string of the molecule is CC/C=C\C/C=C\C/C=C\C/C=C\C/C=C\CCCC(=O)OC(COC(=O)CCCCCCC)COC(=O)CCCCCCCCCCCCCCCCCCCCCCCCCCCCCCCCCCCCC. The Kier molecular flexibility index (Phi) is 61.2. The Morgan fingerprint density at radius 1 is 0.280 bits per heavy atom. The molecule has 0 rings (SSSR count). The van der Waals surface area contributed by atoms with Gasteiger partial charge in [-0.15, -0.1) is 0 Å². The Balaban J connectivity index is 3.90. The van der Waals surface area contributed by atoms with E-state index in [2.05, 4.69) is 81.5 Å². The highest BCUT2D eigenvalue weighted by Crippen LogP contribution is 2.18. The van der Waals surface area contributed by atoms with Crippen molar-refractivity contribution in [2.24, 2.45) is 0 Å². The van der Waals surface area contributed by atoms with E-state index in [-0.39, 0.29) is 37.5 Å². The molecule has 1 unspecified atom stereocenters. The zero-order chi connectivity index (χ0) is 54.3. The van der Waals surface area contributed by atoms with Crippen molar-refractivity contribution in [2.45, 2.75) is 348 Å². The van der Waals surface area contributed by atoms with Crippen LogP contribution in [0, 0.1) is 0 Å². The molecule has 0 aliphatic carbocycles. The fraction of sp³-hybridized carbons (Fsp3) is 0.812. The van der Waals surface area contributed by atoms with Gasteiger partial charge in [0.1, 0.15) is 13.2 Å². The van der Waals surface area contributed by atoms with Gasteiger partial charge in [-0.05, 0) is 57.8 Å². The molecular weight excluding hydrogens is 925 g/mol. The number of unbranched alkanes of at least 4 members (excludes halogenated alkanes) is 39. The summed E-state index contributed by atoms with van der Waals surface area (Å²) in [6, 6.07) is 0. The highest BCUT2D eigenvalue weighted by atomic mass is 16.6. The van der Waals surface area contributed by atoms with Crippen molar-refractivity contribution in [3.05, 3.63) is 60.8 Å². The molecule has 0 N–H and O–H groups in total. The van der Waals surface area contributed by atoms with E-state index in [4.69, 9.17) is 14.2 Å². The van der Waals surface area contributed by atoms with Crippen LogP contribution in [0.2, 0.25) is 0 Å². The largest absolute Gasteiger partial charge is 0.462 e. The first-order valence-corrected chi connectivity index (χ1v) is 32.8. The van der Waals surface area contributed by atoms with Crippen LogP contribution >= 0.6 is 0 Å². The number of allylic oxidation sites excluding steroid dienone is 10. The number of ether oxygens (including phenoxy) is 3. The van der Waals surface area contributed by atoms with Crippen LogP contribution < -0.4 is 0 Å². The number of carbonyl (C=O) groups excluding carboxylic acids is 3. The minimum atomic E-state index is -0.799. The molecule has 0 fully saturated rings. The Hall–Kier alpha value is -2.89. The lowest BCUT2D eigenvalue weighted by Gasteiger charge is -2.18. The lowest BCUT2D eigenvalue weighted by molar-refractivity contribution is -0.167. The summed E-state index contributed by atoms with van der Waals surface area (Å²) in [4.78, 5) is 37.8. The zero-order valence-corrected chi connectivity index (χ0v) is 50.1. The first-order valence-electron chi connectivity index (χ1n) is 32.8. The molecule has 0 aromatic rings. The second-order valence-corrected chi connectivity index (χ2v) is 22.0. The summed E-state index contributed by atoms with van der Waals surface area (Å²) in [6.07, 6.45) is 81.9. The Bertz CT molecular complexity index is 1340. The normalized spacial score (nSPS) is 12.4. The molecule has 0 saturated heterocycles. The van der Waals surface area contributed by atoms with Crippen molar-refractivity contribution >= 4 is 17.9 Å². The smallest absolute Gasteiger partial charge is 0.306 e. The van der Waals surface area contributed by atoms with E-state index in [1.54, 1.807) is 0 Å². The minimum Gasteiger partial charge on any atom is -0.462 e. The molecule has 436 valence electrons. The molecule has 6 nitrogen and oxygen atoms in total. The van der Waals surface area contributed by atoms with Crippen molar-refractivity contribution in [1.29, 1.82) is 0 Å². The van der Waals surface area contributed by atoms with E-state index in [1.807, 2.05) is 0 Å². The third-order valence-electron chi connectivity index (χ3n) is 14.5. The fourth-order valence-corrected chi connectivity index (χ4v) is 9.66. The molecule has 0 heterocycles. The zero-order valence-electron chi connectivity index (χ0n) is 50.1. The number of hydrogen-bond donors (Lipinski definition) is 0. The van der Waals surface area contributed by atoms with Crippen LogP contribution in [0.4, 0.5) is 0 Å². The summed E-state index contributed by atoms with van der Waals surface area (Å²) >= 11 is 0. The number of esters is 3. The van der Waals surface area contributed by atoms with Crippen molar-refractivity contribution in [3.63, 3.8) is 0 Å². The van der Waals surface area contributed by atoms with Gasteiger partial charge in [0.05, 0.1) is 0 Å². The minimum absolute atomic E-state index is 0.0944. The first kappa shape index (κ1) is 72.1. The molecule has 0 saturated carbocycles. The summed E-state index contributed by atoms with van der Waals surface area (Å²) in [5.74, 6) is -0.956. The van der Waals surface area contributed by atoms with Crippen LogP contribution in [0.1, 0.15) is 342 Å². The monoisotopic (exact) mass is 1050 g/mol. The van der Waals surface area contributed by atoms with Crippen LogP contribution in [-0.2, 0) is 28.6 Å². The third kappa shape index (κ3) is 61.8. The van der Waals surface area contributed by atoms with E-state index >= 15 is 0 Å². The molecule has 0 spiro atoms. The Labute approximate surface area is 466 Å². The standard InChI is InChI=1S/C69H124O6/c1-4-7-10-13-15-17-19-21-23-25-26-27-28-29-30-31-32-33-34-35-36-37-38-39-40-41-42-44-45-47-49-51-53-56-59-62-68(71)74-65-66(64-73-67(70)61-58-55-12-9-6-3)75-69(72)63-60-57-54-52-50-48-46-43-24-22-20-18-16-14-11-8-5-2/h8,11,16,18,22,24,46,48,52,54,66H,4-7,9-10,12-15,17,19-21,23,25-45,47,49-51,53,55-65H2,1-3H3/b11-8-,18-16-,24-22-,48-46-,54-52-. The third-order valence-corrected chi connectivity index (χ3v) is 14.5. The predicted molar refractivity (Wildman–Crippen MR) is 325 cm³/mol. The van der Waals surface area contributed by atoms with Crippen LogP contribution in [0.3, 0.4) is 0 Å². The molecule has 75 heavy (non-hydrogen) atoms. The molecular formula is C69H124O6. The second kappa shape index (κ2) is 63.6. The number of hydrogen-bond acceptors (Lipinski definition) is 6. The summed E-state index contributed by atoms with van der Waals surface area (Å²) in [7, 11) is 0. The van der Waals surface area contributed by atoms with Gasteiger partial charge in [0, 0.05) is 19.3 Å². The average molecular weight is 1050 g/mol. The Morgan fingerprint density at radius 3 is 0.800 bits per heavy atom. The van der Waals surface area contributed by atoms with Crippen molar-refractivity contribution in [1.82, 2.24) is 0 Å². The maximum absolute atomic E-state index is 12.8. The summed E-state index contributed by atoms with van der Waals surface area (Å²) in [5.41, 5.74) is 0. The van der Waals surface area contributed by atoms with Gasteiger partial charge in [0.2, 0.25) is 0 Å². The molecule has 1 atom stereocenters. The van der Waals surface area contributed by atoms with Gasteiger partial charge in [-0.2, -0.15) is 0 Å². The van der Waals surface area contributed by atoms with E-state index < -0.39 is 6.10 Å². The molecule has 0 aliphatic heterocycles. The lowest BCUT2D eigenvalue weighted by Crippen LogP contribution is -2.30. The van der Waals surface area contributed by atoms with Crippen molar-refractivity contribution in [2.75, 3.05) is 13.2 Å². The van der Waals surface area contributed by atoms with Crippen LogP contribution in [0.25, 0.3) is 0 Å². The molecule has 0 bridgehead atoms. The topological polar surface area (TPSA) is 78.9 Å². The van der Waals surface area contributed by atoms with E-state index in [9.17, 15) is 14.4 Å². The summed E-state index contributed by atoms with van der Waals surface area (Å²) in [5, 5.41) is 0. The van der Waals surface area contributed by atoms with E-state index in [1.165, 1.54) is 212 Å². The van der Waals surface area contributed by atoms with Gasteiger partial charge in [-0.3, -0.25) is 14.4 Å². The average Bonchev–Trinajstić information content (AvgIpc) is 3.41. The predicted octanol–water partition coefficient (Wildman–Crippen LogP) is 22.3. The molecule has 0 aromatic carbocycles. The van der Waals surface area contributed by atoms with Gasteiger partial charge in [-0.1, -0.05) is 326 Å². The van der Waals surface area contributed by atoms with Gasteiger partial charge in [0.15, 0.2) is 6.10 Å². The molecule has 0 aliphatic rings. The summed E-state index contributed by atoms with van der Waals surface area (Å²) < 4.78 is 16.7. The van der Waals surface area contributed by atoms with Crippen LogP contribution in [0.5, 0.6) is 0 Å². The van der Waals surface area contributed by atoms with Crippen LogP contribution in [0.15, 0.2) is 60.8 Å². The number of rotatable bonds is 60. The molecule has 0 radical (unpaired) electrons. The van der Waals surface area contributed by atoms with E-state index in [0.717, 1.165) is 83.5 Å². The Morgan fingerprint density at radius 2 is 0.520 bits per heavy atom. The maximum atomic E-state index is 12.8. The van der Waals surface area contributed by atoms with Gasteiger partial charge in [-0.25, -0.2) is 0 Å². The summed E-state index contributed by atoms with van der Waals surface area (Å²) in [6.45, 7) is 6.43. The quantitative estimate of drug-likeness (QED) is 0.0261. The molecule has 0 aromatic heterocycles. The molecule has 6 heteroatoms. The van der Waals surface area contributed by atoms with E-state index in [0.29, 0.717) is 19.3 Å². The van der Waals surface area contributed by atoms with Crippen molar-refractivity contribution in [3.8, 4) is 0 Å². The van der Waals surface area contributed by atoms with Crippen molar-refractivity contribution < 1.29 is 28.6 Å². The lowest BCUT2D eigenvalue weighted by atomic mass is 10.0. The van der Waals surface area contributed by atoms with Crippen LogP contribution in [-0.4, -0.2) is 37.2 Å². The highest BCUT2D eigenvalue weighted by molar-refractivity contribution is 5.71. The van der Waals surface area contributed by atoms with Gasteiger partial charge < -0.3 is 14.2 Å². The van der Waals surface area contributed by atoms with Gasteiger partial charge >= 0.3 is 17.9 Å². The first-order chi connectivity index (χ1) is 37.0. The van der Waals surface area contributed by atoms with Gasteiger partial charge in [0.25, 0.3) is 0 Å². The maximum Gasteiger partial charge on any atom is 0.306 e. The highest BCUT2D eigenvalue weighted by Gasteiger charge is 2.19. The fourth-order valence-electron chi connectivity index (χ4n) is 9.66.